The lowest BCUT2D eigenvalue weighted by molar-refractivity contribution is 0.0951. The Morgan fingerprint density at radius 3 is 2.65 bits per heavy atom. The lowest BCUT2D eigenvalue weighted by Gasteiger charge is -2.10. The number of hydrogen-bond acceptors (Lipinski definition) is 3. The molecule has 1 saturated carbocycles. The lowest BCUT2D eigenvalue weighted by atomic mass is 10.1. The zero-order valence-electron chi connectivity index (χ0n) is 10.9. The van der Waals surface area contributed by atoms with Crippen LogP contribution in [0.15, 0.2) is 17.0 Å². The molecule has 0 saturated heterocycles. The van der Waals surface area contributed by atoms with E-state index in [1.807, 2.05) is 0 Å². The fraction of sp³-hybridized carbons (Fsp3) is 0.462. The summed E-state index contributed by atoms with van der Waals surface area (Å²) in [5, 5.41) is 2.67. The molecule has 20 heavy (non-hydrogen) atoms. The monoisotopic (exact) mass is 319 g/mol. The molecule has 2 rings (SSSR count). The molecule has 0 unspecified atom stereocenters. The summed E-state index contributed by atoms with van der Waals surface area (Å²) in [5.74, 6) is -0.617. The summed E-state index contributed by atoms with van der Waals surface area (Å²) in [6.07, 6.45) is 3.26. The first-order valence-corrected chi connectivity index (χ1v) is 8.63. The van der Waals surface area contributed by atoms with Crippen LogP contribution in [0.25, 0.3) is 0 Å². The highest BCUT2D eigenvalue weighted by atomic mass is 35.7. The van der Waals surface area contributed by atoms with Crippen molar-refractivity contribution in [2.75, 3.05) is 6.54 Å². The van der Waals surface area contributed by atoms with Gasteiger partial charge in [-0.2, -0.15) is 0 Å². The highest BCUT2D eigenvalue weighted by Crippen LogP contribution is 2.31. The Bertz CT molecular complexity index is 641. The third-order valence-corrected chi connectivity index (χ3v) is 4.82. The Kier molecular flexibility index (Phi) is 4.34. The molecule has 1 aliphatic carbocycles. The molecule has 0 heterocycles. The molecule has 1 aliphatic rings. The van der Waals surface area contributed by atoms with E-state index >= 15 is 0 Å². The molecule has 0 spiro atoms. The highest BCUT2D eigenvalue weighted by Gasteiger charge is 2.23. The van der Waals surface area contributed by atoms with Crippen LogP contribution in [-0.2, 0) is 9.05 Å². The topological polar surface area (TPSA) is 63.2 Å². The van der Waals surface area contributed by atoms with Crippen molar-refractivity contribution < 1.29 is 17.6 Å². The average molecular weight is 320 g/mol. The van der Waals surface area contributed by atoms with Crippen molar-refractivity contribution in [3.63, 3.8) is 0 Å². The fourth-order valence-electron chi connectivity index (χ4n) is 2.03. The van der Waals surface area contributed by atoms with Crippen LogP contribution in [0.1, 0.15) is 35.2 Å². The van der Waals surface area contributed by atoms with Gasteiger partial charge in [0.15, 0.2) is 0 Å². The molecule has 7 heteroatoms. The van der Waals surface area contributed by atoms with Crippen molar-refractivity contribution >= 4 is 25.6 Å². The standard InChI is InChI=1S/C13H15ClFNO3S/c1-8-11(13(17)16-5-4-9-2-3-9)6-10(15)7-12(8)20(14,18)19/h6-7,9H,2-5H2,1H3,(H,16,17). The number of halogens is 2. The Morgan fingerprint density at radius 1 is 1.45 bits per heavy atom. The van der Waals surface area contributed by atoms with Crippen molar-refractivity contribution in [3.05, 3.63) is 29.1 Å². The first-order valence-electron chi connectivity index (χ1n) is 6.32. The number of rotatable bonds is 5. The van der Waals surface area contributed by atoms with Gasteiger partial charge in [-0.05, 0) is 37.0 Å². The van der Waals surface area contributed by atoms with E-state index in [1.54, 1.807) is 0 Å². The number of nitrogens with one attached hydrogen (secondary N) is 1. The van der Waals surface area contributed by atoms with Gasteiger partial charge in [0.1, 0.15) is 5.82 Å². The van der Waals surface area contributed by atoms with Gasteiger partial charge >= 0.3 is 0 Å². The van der Waals surface area contributed by atoms with E-state index in [2.05, 4.69) is 5.32 Å². The maximum absolute atomic E-state index is 13.5. The summed E-state index contributed by atoms with van der Waals surface area (Å²) >= 11 is 0. The van der Waals surface area contributed by atoms with E-state index < -0.39 is 20.8 Å². The summed E-state index contributed by atoms with van der Waals surface area (Å²) in [7, 11) is 1.16. The van der Waals surface area contributed by atoms with Gasteiger partial charge < -0.3 is 5.32 Å². The molecule has 1 N–H and O–H groups in total. The minimum absolute atomic E-state index is 0.0000203. The van der Waals surface area contributed by atoms with E-state index in [1.165, 1.54) is 19.8 Å². The van der Waals surface area contributed by atoms with E-state index in [0.717, 1.165) is 18.6 Å². The van der Waals surface area contributed by atoms with E-state index in [4.69, 9.17) is 10.7 Å². The maximum Gasteiger partial charge on any atom is 0.261 e. The second kappa shape index (κ2) is 5.69. The van der Waals surface area contributed by atoms with Crippen LogP contribution in [0.3, 0.4) is 0 Å². The molecule has 0 radical (unpaired) electrons. The summed E-state index contributed by atoms with van der Waals surface area (Å²) in [5.41, 5.74) is 0.158. The second-order valence-corrected chi connectivity index (χ2v) is 7.54. The summed E-state index contributed by atoms with van der Waals surface area (Å²) < 4.78 is 36.2. The van der Waals surface area contributed by atoms with Gasteiger partial charge in [0.25, 0.3) is 15.0 Å². The zero-order valence-corrected chi connectivity index (χ0v) is 12.5. The number of carbonyl (C=O) groups excluding carboxylic acids is 1. The van der Waals surface area contributed by atoms with Crippen molar-refractivity contribution in [1.29, 1.82) is 0 Å². The third kappa shape index (κ3) is 3.70. The largest absolute Gasteiger partial charge is 0.352 e. The molecular formula is C13H15ClFNO3S. The SMILES string of the molecule is Cc1c(C(=O)NCCC2CC2)cc(F)cc1S(=O)(=O)Cl. The molecule has 0 atom stereocenters. The average Bonchev–Trinajstić information content (AvgIpc) is 3.14. The van der Waals surface area contributed by atoms with Crippen LogP contribution in [-0.4, -0.2) is 20.9 Å². The fourth-order valence-corrected chi connectivity index (χ4v) is 3.24. The molecule has 4 nitrogen and oxygen atoms in total. The Morgan fingerprint density at radius 2 is 2.10 bits per heavy atom. The van der Waals surface area contributed by atoms with Gasteiger partial charge in [0.2, 0.25) is 0 Å². The lowest BCUT2D eigenvalue weighted by Crippen LogP contribution is -2.26. The van der Waals surface area contributed by atoms with Gasteiger partial charge in [-0.1, -0.05) is 12.8 Å². The summed E-state index contributed by atoms with van der Waals surface area (Å²) in [6.45, 7) is 1.94. The number of amides is 1. The maximum atomic E-state index is 13.5. The number of carbonyl (C=O) groups is 1. The molecule has 0 aromatic heterocycles. The van der Waals surface area contributed by atoms with Crippen LogP contribution in [0.2, 0.25) is 0 Å². The molecule has 1 amide bonds. The van der Waals surface area contributed by atoms with Crippen molar-refractivity contribution in [1.82, 2.24) is 5.32 Å². The summed E-state index contributed by atoms with van der Waals surface area (Å²) in [6, 6.07) is 1.84. The van der Waals surface area contributed by atoms with E-state index in [-0.39, 0.29) is 16.0 Å². The van der Waals surface area contributed by atoms with Crippen molar-refractivity contribution in [3.8, 4) is 0 Å². The Hall–Kier alpha value is -1.14. The number of benzene rings is 1. The van der Waals surface area contributed by atoms with Crippen LogP contribution in [0.4, 0.5) is 4.39 Å². The first kappa shape index (κ1) is 15.3. The Labute approximate surface area is 121 Å². The van der Waals surface area contributed by atoms with E-state index in [9.17, 15) is 17.6 Å². The predicted molar refractivity (Wildman–Crippen MR) is 73.9 cm³/mol. The van der Waals surface area contributed by atoms with E-state index in [0.29, 0.717) is 12.5 Å². The van der Waals surface area contributed by atoms with Gasteiger partial charge in [0, 0.05) is 22.8 Å². The molecule has 0 aliphatic heterocycles. The molecule has 110 valence electrons. The van der Waals surface area contributed by atoms with Gasteiger partial charge in [0.05, 0.1) is 4.90 Å². The van der Waals surface area contributed by atoms with Gasteiger partial charge in [-0.3, -0.25) is 4.79 Å². The molecular weight excluding hydrogens is 305 g/mol. The molecule has 1 fully saturated rings. The Balaban J connectivity index is 2.21. The molecule has 0 bridgehead atoms. The highest BCUT2D eigenvalue weighted by molar-refractivity contribution is 8.13. The normalized spacial score (nSPS) is 15.2. The predicted octanol–water partition coefficient (Wildman–Crippen LogP) is 2.59. The van der Waals surface area contributed by atoms with Crippen LogP contribution >= 0.6 is 10.7 Å². The van der Waals surface area contributed by atoms with Crippen molar-refractivity contribution in [2.24, 2.45) is 5.92 Å². The second-order valence-electron chi connectivity index (χ2n) is 5.00. The van der Waals surface area contributed by atoms with Crippen LogP contribution < -0.4 is 5.32 Å². The third-order valence-electron chi connectivity index (χ3n) is 3.37. The first-order chi connectivity index (χ1) is 9.29. The van der Waals surface area contributed by atoms with Crippen molar-refractivity contribution in [2.45, 2.75) is 31.1 Å². The number of hydrogen-bond donors (Lipinski definition) is 1. The van der Waals surface area contributed by atoms with Gasteiger partial charge in [-0.15, -0.1) is 0 Å². The van der Waals surface area contributed by atoms with Gasteiger partial charge in [-0.25, -0.2) is 12.8 Å². The van der Waals surface area contributed by atoms with Crippen LogP contribution in [0.5, 0.6) is 0 Å². The zero-order chi connectivity index (χ0) is 14.9. The molecule has 1 aromatic carbocycles. The smallest absolute Gasteiger partial charge is 0.261 e. The quantitative estimate of drug-likeness (QED) is 0.848. The van der Waals surface area contributed by atoms with Crippen LogP contribution in [0, 0.1) is 18.7 Å². The summed E-state index contributed by atoms with van der Waals surface area (Å²) in [4.78, 5) is 11.6. The minimum atomic E-state index is -4.08. The minimum Gasteiger partial charge on any atom is -0.352 e. The molecule has 1 aromatic rings.